The van der Waals surface area contributed by atoms with Gasteiger partial charge < -0.3 is 19.0 Å². The molecule has 1 N–H and O–H groups in total. The maximum Gasteiger partial charge on any atom is 0.248 e. The Labute approximate surface area is 198 Å². The zero-order valence-electron chi connectivity index (χ0n) is 19.1. The second-order valence-electron chi connectivity index (χ2n) is 7.94. The molecule has 1 amide bonds. The van der Waals surface area contributed by atoms with Gasteiger partial charge in [0.25, 0.3) is 0 Å². The molecule has 34 heavy (non-hydrogen) atoms. The highest BCUT2D eigenvalue weighted by Crippen LogP contribution is 2.30. The topological polar surface area (TPSA) is 115 Å². The average Bonchev–Trinajstić information content (AvgIpc) is 3.49. The summed E-state index contributed by atoms with van der Waals surface area (Å²) in [6.07, 6.45) is 5.52. The van der Waals surface area contributed by atoms with Crippen molar-refractivity contribution in [3.63, 3.8) is 0 Å². The van der Waals surface area contributed by atoms with Gasteiger partial charge in [0.15, 0.2) is 10.7 Å². The van der Waals surface area contributed by atoms with Crippen LogP contribution in [0.4, 0.5) is 5.69 Å². The number of carbonyl (C=O) groups excluding carboxylic acids is 1. The molecule has 1 aliphatic rings. The van der Waals surface area contributed by atoms with E-state index in [1.165, 1.54) is 16.6 Å². The molecule has 1 saturated heterocycles. The number of amides is 1. The van der Waals surface area contributed by atoms with Gasteiger partial charge in [0, 0.05) is 24.7 Å². The molecule has 10 heteroatoms. The first kappa shape index (κ1) is 23.8. The van der Waals surface area contributed by atoms with Gasteiger partial charge in [0.1, 0.15) is 17.2 Å². The minimum absolute atomic E-state index is 0.0348. The molecule has 4 rings (SSSR count). The number of sulfonamides is 1. The summed E-state index contributed by atoms with van der Waals surface area (Å²) in [7, 11) is -3.84. The van der Waals surface area contributed by atoms with Crippen molar-refractivity contribution in [2.45, 2.75) is 31.6 Å². The standard InChI is InChI=1S/C24H27N3O6S/c1-3-31-21-8-6-19(7-9-21)25-24(28)18-12-14-27(15-13-18)34(29,30)23-17(2)26-33-22(23)11-10-20-5-4-16-32-20/h4-11,16,18H,3,12-15H2,1-2H3,(H,25,28). The normalized spacial score (nSPS) is 15.6. The molecule has 3 aromatic rings. The Morgan fingerprint density at radius 3 is 2.59 bits per heavy atom. The van der Waals surface area contributed by atoms with Gasteiger partial charge in [0.05, 0.1) is 12.9 Å². The SMILES string of the molecule is CCOc1ccc(NC(=O)C2CCN(S(=O)(=O)c3c(C)noc3C=Cc3ccco3)CC2)cc1. The summed E-state index contributed by atoms with van der Waals surface area (Å²) in [5.74, 6) is 1.05. The van der Waals surface area contributed by atoms with E-state index in [0.29, 0.717) is 30.9 Å². The van der Waals surface area contributed by atoms with E-state index in [-0.39, 0.29) is 41.3 Å². The van der Waals surface area contributed by atoms with Crippen molar-refractivity contribution < 1.29 is 26.9 Å². The lowest BCUT2D eigenvalue weighted by Crippen LogP contribution is -2.41. The molecular weight excluding hydrogens is 458 g/mol. The highest BCUT2D eigenvalue weighted by Gasteiger charge is 2.36. The van der Waals surface area contributed by atoms with Crippen LogP contribution >= 0.6 is 0 Å². The summed E-state index contributed by atoms with van der Waals surface area (Å²) in [6, 6.07) is 10.7. The van der Waals surface area contributed by atoms with Crippen molar-refractivity contribution in [2.75, 3.05) is 25.0 Å². The highest BCUT2D eigenvalue weighted by atomic mass is 32.2. The summed E-state index contributed by atoms with van der Waals surface area (Å²) in [6.45, 7) is 4.54. The fraction of sp³-hybridized carbons (Fsp3) is 0.333. The van der Waals surface area contributed by atoms with Gasteiger partial charge in [-0.3, -0.25) is 4.79 Å². The van der Waals surface area contributed by atoms with Crippen molar-refractivity contribution in [1.82, 2.24) is 9.46 Å². The van der Waals surface area contributed by atoms with E-state index in [9.17, 15) is 13.2 Å². The number of furan rings is 1. The molecule has 0 aliphatic carbocycles. The minimum Gasteiger partial charge on any atom is -0.494 e. The van der Waals surface area contributed by atoms with Gasteiger partial charge in [-0.25, -0.2) is 8.42 Å². The monoisotopic (exact) mass is 485 g/mol. The Morgan fingerprint density at radius 1 is 1.21 bits per heavy atom. The maximum absolute atomic E-state index is 13.4. The molecule has 2 aromatic heterocycles. The van der Waals surface area contributed by atoms with Crippen LogP contribution in [-0.4, -0.2) is 43.5 Å². The van der Waals surface area contributed by atoms with Crippen LogP contribution in [0.3, 0.4) is 0 Å². The van der Waals surface area contributed by atoms with E-state index in [4.69, 9.17) is 13.7 Å². The third-order valence-corrected chi connectivity index (χ3v) is 7.69. The second kappa shape index (κ2) is 10.3. The second-order valence-corrected chi connectivity index (χ2v) is 9.81. The third-order valence-electron chi connectivity index (χ3n) is 5.63. The number of nitrogens with zero attached hydrogens (tertiary/aromatic N) is 2. The van der Waals surface area contributed by atoms with Crippen molar-refractivity contribution in [1.29, 1.82) is 0 Å². The van der Waals surface area contributed by atoms with Crippen molar-refractivity contribution >= 4 is 33.8 Å². The number of aromatic nitrogens is 1. The predicted molar refractivity (Wildman–Crippen MR) is 127 cm³/mol. The van der Waals surface area contributed by atoms with Crippen LogP contribution in [0.25, 0.3) is 12.2 Å². The molecular formula is C24H27N3O6S. The summed E-state index contributed by atoms with van der Waals surface area (Å²) >= 11 is 0. The molecule has 1 fully saturated rings. The smallest absolute Gasteiger partial charge is 0.248 e. The van der Waals surface area contributed by atoms with Gasteiger partial charge in [-0.05, 0) is 75.2 Å². The lowest BCUT2D eigenvalue weighted by Gasteiger charge is -2.30. The number of rotatable bonds is 8. The molecule has 1 aliphatic heterocycles. The van der Waals surface area contributed by atoms with Crippen LogP contribution < -0.4 is 10.1 Å². The molecule has 0 bridgehead atoms. The van der Waals surface area contributed by atoms with Gasteiger partial charge in [-0.1, -0.05) is 5.16 Å². The first-order valence-electron chi connectivity index (χ1n) is 11.1. The zero-order valence-corrected chi connectivity index (χ0v) is 19.9. The molecule has 3 heterocycles. The van der Waals surface area contributed by atoms with E-state index >= 15 is 0 Å². The van der Waals surface area contributed by atoms with Gasteiger partial charge in [0.2, 0.25) is 15.9 Å². The number of nitrogens with one attached hydrogen (secondary N) is 1. The number of aryl methyl sites for hydroxylation is 1. The quantitative estimate of drug-likeness (QED) is 0.509. The van der Waals surface area contributed by atoms with Crippen molar-refractivity contribution in [3.8, 4) is 5.75 Å². The molecule has 180 valence electrons. The Morgan fingerprint density at radius 2 is 1.94 bits per heavy atom. The highest BCUT2D eigenvalue weighted by molar-refractivity contribution is 7.89. The maximum atomic E-state index is 13.4. The fourth-order valence-corrected chi connectivity index (χ4v) is 5.60. The van der Waals surface area contributed by atoms with E-state index in [1.54, 1.807) is 49.4 Å². The van der Waals surface area contributed by atoms with Crippen LogP contribution in [0.2, 0.25) is 0 Å². The lowest BCUT2D eigenvalue weighted by atomic mass is 9.97. The Balaban J connectivity index is 1.40. The van der Waals surface area contributed by atoms with E-state index in [1.807, 2.05) is 6.92 Å². The first-order chi connectivity index (χ1) is 16.4. The number of benzene rings is 1. The van der Waals surface area contributed by atoms with Crippen LogP contribution in [0.1, 0.15) is 37.0 Å². The first-order valence-corrected chi connectivity index (χ1v) is 12.5. The summed E-state index contributed by atoms with van der Waals surface area (Å²) < 4.78 is 44.0. The van der Waals surface area contributed by atoms with Gasteiger partial charge in [-0.2, -0.15) is 4.31 Å². The number of hydrogen-bond acceptors (Lipinski definition) is 7. The van der Waals surface area contributed by atoms with Crippen LogP contribution in [0.15, 0.2) is 56.5 Å². The number of hydrogen-bond donors (Lipinski definition) is 1. The molecule has 0 spiro atoms. The molecule has 1 aromatic carbocycles. The van der Waals surface area contributed by atoms with E-state index < -0.39 is 10.0 Å². The number of piperidine rings is 1. The Hall–Kier alpha value is -3.37. The van der Waals surface area contributed by atoms with E-state index in [0.717, 1.165) is 5.75 Å². The number of anilines is 1. The van der Waals surface area contributed by atoms with Crippen LogP contribution in [-0.2, 0) is 14.8 Å². The van der Waals surface area contributed by atoms with E-state index in [2.05, 4.69) is 10.5 Å². The Kier molecular flexibility index (Phi) is 7.18. The average molecular weight is 486 g/mol. The van der Waals surface area contributed by atoms with Crippen LogP contribution in [0, 0.1) is 12.8 Å². The largest absolute Gasteiger partial charge is 0.494 e. The number of carbonyl (C=O) groups is 1. The molecule has 0 radical (unpaired) electrons. The molecule has 0 unspecified atom stereocenters. The summed E-state index contributed by atoms with van der Waals surface area (Å²) in [5, 5.41) is 6.75. The van der Waals surface area contributed by atoms with Gasteiger partial charge >= 0.3 is 0 Å². The lowest BCUT2D eigenvalue weighted by molar-refractivity contribution is -0.120. The summed E-state index contributed by atoms with van der Waals surface area (Å²) in [5.41, 5.74) is 0.964. The molecule has 0 saturated carbocycles. The Bertz CT molecular complexity index is 1240. The predicted octanol–water partition coefficient (Wildman–Crippen LogP) is 4.18. The fourth-order valence-electron chi connectivity index (χ4n) is 3.88. The van der Waals surface area contributed by atoms with Gasteiger partial charge in [-0.15, -0.1) is 0 Å². The van der Waals surface area contributed by atoms with Crippen LogP contribution in [0.5, 0.6) is 5.75 Å². The van der Waals surface area contributed by atoms with Crippen molar-refractivity contribution in [2.24, 2.45) is 5.92 Å². The molecule has 0 atom stereocenters. The third kappa shape index (κ3) is 5.23. The minimum atomic E-state index is -3.84. The number of ether oxygens (including phenoxy) is 1. The summed E-state index contributed by atoms with van der Waals surface area (Å²) in [4.78, 5) is 12.8. The molecule has 9 nitrogen and oxygen atoms in total. The zero-order chi connectivity index (χ0) is 24.1. The van der Waals surface area contributed by atoms with Crippen molar-refractivity contribution in [3.05, 3.63) is 59.9 Å².